The second-order valence-corrected chi connectivity index (χ2v) is 5.95. The van der Waals surface area contributed by atoms with Crippen LogP contribution < -0.4 is 15.8 Å². The molecule has 0 fully saturated rings. The number of sulfonamides is 1. The van der Waals surface area contributed by atoms with Crippen molar-refractivity contribution in [3.8, 4) is 0 Å². The van der Waals surface area contributed by atoms with E-state index < -0.39 is 10.0 Å². The van der Waals surface area contributed by atoms with Crippen LogP contribution in [-0.2, 0) is 10.0 Å². The van der Waals surface area contributed by atoms with Gasteiger partial charge < -0.3 is 11.1 Å². The lowest BCUT2D eigenvalue weighted by Crippen LogP contribution is -2.24. The van der Waals surface area contributed by atoms with Crippen LogP contribution >= 0.6 is 11.6 Å². The predicted octanol–water partition coefficient (Wildman–Crippen LogP) is 1.27. The van der Waals surface area contributed by atoms with Crippen LogP contribution in [0.25, 0.3) is 0 Å². The third kappa shape index (κ3) is 5.76. The molecule has 0 saturated heterocycles. The van der Waals surface area contributed by atoms with Crippen molar-refractivity contribution in [3.05, 3.63) is 23.2 Å². The van der Waals surface area contributed by atoms with Gasteiger partial charge in [0, 0.05) is 18.1 Å². The summed E-state index contributed by atoms with van der Waals surface area (Å²) in [6.45, 7) is 1.04. The van der Waals surface area contributed by atoms with Crippen molar-refractivity contribution in [1.82, 2.24) is 4.72 Å². The third-order valence-corrected chi connectivity index (χ3v) is 3.01. The number of rotatable bonds is 6. The quantitative estimate of drug-likeness (QED) is 0.540. The van der Waals surface area contributed by atoms with Crippen LogP contribution in [0.5, 0.6) is 0 Å². The lowest BCUT2D eigenvalue weighted by Gasteiger charge is -2.09. The Hall–Kier alpha value is -0.980. The van der Waals surface area contributed by atoms with Gasteiger partial charge in [-0.3, -0.25) is 0 Å². The maximum Gasteiger partial charge on any atom is 0.208 e. The molecule has 7 heteroatoms. The van der Waals surface area contributed by atoms with Gasteiger partial charge in [-0.15, -0.1) is 0 Å². The summed E-state index contributed by atoms with van der Waals surface area (Å²) < 4.78 is 24.0. The highest BCUT2D eigenvalue weighted by molar-refractivity contribution is 7.88. The number of hydrogen-bond acceptors (Lipinski definition) is 4. The number of benzene rings is 1. The summed E-state index contributed by atoms with van der Waals surface area (Å²) in [6.07, 6.45) is 1.81. The van der Waals surface area contributed by atoms with Gasteiger partial charge in [0.2, 0.25) is 10.0 Å². The molecule has 0 bridgehead atoms. The topological polar surface area (TPSA) is 84.2 Å². The number of nitrogen functional groups attached to an aromatic ring is 1. The zero-order valence-corrected chi connectivity index (χ0v) is 11.1. The lowest BCUT2D eigenvalue weighted by molar-refractivity contribution is 0.586. The van der Waals surface area contributed by atoms with Crippen molar-refractivity contribution in [2.45, 2.75) is 6.42 Å². The Kier molecular flexibility index (Phi) is 5.04. The van der Waals surface area contributed by atoms with Crippen molar-refractivity contribution in [2.24, 2.45) is 0 Å². The van der Waals surface area contributed by atoms with E-state index in [4.69, 9.17) is 17.3 Å². The molecule has 0 amide bonds. The summed E-state index contributed by atoms with van der Waals surface area (Å²) in [4.78, 5) is 0. The van der Waals surface area contributed by atoms with Crippen LogP contribution in [0.15, 0.2) is 18.2 Å². The minimum Gasteiger partial charge on any atom is -0.397 e. The number of anilines is 2. The molecule has 17 heavy (non-hydrogen) atoms. The van der Waals surface area contributed by atoms with Crippen LogP contribution in [-0.4, -0.2) is 27.8 Å². The molecule has 0 aliphatic heterocycles. The Balaban J connectivity index is 2.32. The van der Waals surface area contributed by atoms with E-state index in [9.17, 15) is 8.42 Å². The molecule has 0 atom stereocenters. The Morgan fingerprint density at radius 1 is 1.35 bits per heavy atom. The second kappa shape index (κ2) is 6.09. The SMILES string of the molecule is CS(=O)(=O)NCCCNc1ccc(Cl)cc1N. The molecule has 0 spiro atoms. The Bertz CT molecular complexity index is 476. The van der Waals surface area contributed by atoms with Gasteiger partial charge in [-0.25, -0.2) is 13.1 Å². The zero-order valence-electron chi connectivity index (χ0n) is 9.53. The van der Waals surface area contributed by atoms with E-state index in [0.29, 0.717) is 30.2 Å². The first-order valence-electron chi connectivity index (χ1n) is 5.12. The molecule has 1 aromatic carbocycles. The molecular weight excluding hydrogens is 262 g/mol. The molecule has 0 saturated carbocycles. The number of nitrogens with one attached hydrogen (secondary N) is 2. The van der Waals surface area contributed by atoms with Crippen molar-refractivity contribution >= 4 is 33.0 Å². The summed E-state index contributed by atoms with van der Waals surface area (Å²) in [5.74, 6) is 0. The first-order chi connectivity index (χ1) is 7.88. The van der Waals surface area contributed by atoms with E-state index in [1.54, 1.807) is 18.2 Å². The van der Waals surface area contributed by atoms with Gasteiger partial charge in [0.05, 0.1) is 17.6 Å². The average molecular weight is 278 g/mol. The molecule has 0 aromatic heterocycles. The smallest absolute Gasteiger partial charge is 0.208 e. The zero-order chi connectivity index (χ0) is 12.9. The molecular formula is C10H16ClN3O2S. The Morgan fingerprint density at radius 3 is 2.65 bits per heavy atom. The molecule has 5 nitrogen and oxygen atoms in total. The monoisotopic (exact) mass is 277 g/mol. The van der Waals surface area contributed by atoms with E-state index in [1.807, 2.05) is 0 Å². The first kappa shape index (κ1) is 14.1. The summed E-state index contributed by atoms with van der Waals surface area (Å²) in [5, 5.41) is 3.70. The third-order valence-electron chi connectivity index (χ3n) is 2.05. The number of hydrogen-bond donors (Lipinski definition) is 3. The number of nitrogens with two attached hydrogens (primary N) is 1. The fourth-order valence-corrected chi connectivity index (χ4v) is 1.96. The molecule has 0 heterocycles. The molecule has 1 aromatic rings. The summed E-state index contributed by atoms with van der Waals surface area (Å²) in [5.41, 5.74) is 7.12. The second-order valence-electron chi connectivity index (χ2n) is 3.68. The Morgan fingerprint density at radius 2 is 2.06 bits per heavy atom. The van der Waals surface area contributed by atoms with Crippen molar-refractivity contribution < 1.29 is 8.42 Å². The molecule has 4 N–H and O–H groups in total. The number of halogens is 1. The molecule has 96 valence electrons. The van der Waals surface area contributed by atoms with Crippen LogP contribution in [0.4, 0.5) is 11.4 Å². The summed E-state index contributed by atoms with van der Waals surface area (Å²) in [7, 11) is -3.10. The normalized spacial score (nSPS) is 11.4. The van der Waals surface area contributed by atoms with E-state index in [2.05, 4.69) is 10.0 Å². The minimum atomic E-state index is -3.10. The van der Waals surface area contributed by atoms with Gasteiger partial charge >= 0.3 is 0 Å². The lowest BCUT2D eigenvalue weighted by atomic mass is 10.2. The maximum absolute atomic E-state index is 10.8. The van der Waals surface area contributed by atoms with Crippen LogP contribution in [0.1, 0.15) is 6.42 Å². The highest BCUT2D eigenvalue weighted by Crippen LogP contribution is 2.22. The molecule has 0 unspecified atom stereocenters. The van der Waals surface area contributed by atoms with Gasteiger partial charge in [0.25, 0.3) is 0 Å². The van der Waals surface area contributed by atoms with Crippen molar-refractivity contribution in [3.63, 3.8) is 0 Å². The van der Waals surface area contributed by atoms with E-state index in [0.717, 1.165) is 11.9 Å². The van der Waals surface area contributed by atoms with Gasteiger partial charge in [0.1, 0.15) is 0 Å². The fourth-order valence-electron chi connectivity index (χ4n) is 1.26. The fraction of sp³-hybridized carbons (Fsp3) is 0.400. The maximum atomic E-state index is 10.8. The van der Waals surface area contributed by atoms with Gasteiger partial charge in [-0.2, -0.15) is 0 Å². The summed E-state index contributed by atoms with van der Waals surface area (Å²) >= 11 is 5.77. The molecule has 0 radical (unpaired) electrons. The van der Waals surface area contributed by atoms with Gasteiger partial charge in [-0.05, 0) is 24.6 Å². The highest BCUT2D eigenvalue weighted by Gasteiger charge is 2.00. The standard InChI is InChI=1S/C10H16ClN3O2S/c1-17(15,16)14-6-2-5-13-10-4-3-8(11)7-9(10)12/h3-4,7,13-14H,2,5-6,12H2,1H3. The van der Waals surface area contributed by atoms with Gasteiger partial charge in [-0.1, -0.05) is 11.6 Å². The first-order valence-corrected chi connectivity index (χ1v) is 7.39. The minimum absolute atomic E-state index is 0.402. The van der Waals surface area contributed by atoms with Gasteiger partial charge in [0.15, 0.2) is 0 Å². The van der Waals surface area contributed by atoms with Crippen molar-refractivity contribution in [1.29, 1.82) is 0 Å². The van der Waals surface area contributed by atoms with Crippen LogP contribution in [0.2, 0.25) is 5.02 Å². The Labute approximate surface area is 106 Å². The van der Waals surface area contributed by atoms with E-state index >= 15 is 0 Å². The highest BCUT2D eigenvalue weighted by atomic mass is 35.5. The summed E-state index contributed by atoms with van der Waals surface area (Å²) in [6, 6.07) is 5.20. The van der Waals surface area contributed by atoms with Crippen LogP contribution in [0, 0.1) is 0 Å². The van der Waals surface area contributed by atoms with E-state index in [-0.39, 0.29) is 0 Å². The molecule has 0 aliphatic carbocycles. The predicted molar refractivity (Wildman–Crippen MR) is 71.8 cm³/mol. The molecule has 1 rings (SSSR count). The van der Waals surface area contributed by atoms with Crippen LogP contribution in [0.3, 0.4) is 0 Å². The average Bonchev–Trinajstić information content (AvgIpc) is 2.18. The van der Waals surface area contributed by atoms with Crippen molar-refractivity contribution in [2.75, 3.05) is 30.4 Å². The largest absolute Gasteiger partial charge is 0.397 e. The molecule has 0 aliphatic rings. The van der Waals surface area contributed by atoms with E-state index in [1.165, 1.54) is 0 Å².